The maximum Gasteiger partial charge on any atom is 0.248 e. The van der Waals surface area contributed by atoms with E-state index >= 15 is 0 Å². The number of fused-ring (bicyclic) bond motifs is 1. The lowest BCUT2D eigenvalue weighted by Gasteiger charge is -1.99. The maximum atomic E-state index is 11.1. The van der Waals surface area contributed by atoms with Crippen LogP contribution >= 0.6 is 11.3 Å². The van der Waals surface area contributed by atoms with E-state index in [0.717, 1.165) is 24.8 Å². The van der Waals surface area contributed by atoms with Crippen LogP contribution in [0.4, 0.5) is 5.00 Å². The summed E-state index contributed by atoms with van der Waals surface area (Å²) < 4.78 is 0. The molecule has 1 heterocycles. The number of thiophene rings is 1. The first-order valence-corrected chi connectivity index (χ1v) is 5.56. The fraction of sp³-hybridized carbons (Fsp3) is 0.273. The number of hydrogen-bond acceptors (Lipinski definition) is 3. The molecular formula is C11H10N2OS. The number of nitrogens with zero attached hydrogens (tertiary/aromatic N) is 1. The van der Waals surface area contributed by atoms with Gasteiger partial charge in [-0.15, -0.1) is 11.3 Å². The molecule has 0 radical (unpaired) electrons. The Kier molecular flexibility index (Phi) is 2.57. The Morgan fingerprint density at radius 2 is 2.40 bits per heavy atom. The Balaban J connectivity index is 2.37. The zero-order valence-electron chi connectivity index (χ0n) is 8.17. The van der Waals surface area contributed by atoms with Crippen molar-refractivity contribution < 1.29 is 4.79 Å². The predicted molar refractivity (Wildman–Crippen MR) is 59.9 cm³/mol. The van der Waals surface area contributed by atoms with E-state index in [0.29, 0.717) is 10.6 Å². The second-order valence-corrected chi connectivity index (χ2v) is 4.47. The van der Waals surface area contributed by atoms with Gasteiger partial charge in [-0.2, -0.15) is 5.26 Å². The molecule has 2 rings (SSSR count). The number of nitrogens with one attached hydrogen (secondary N) is 1. The quantitative estimate of drug-likeness (QED) is 0.774. The van der Waals surface area contributed by atoms with Crippen molar-refractivity contribution in [2.75, 3.05) is 5.32 Å². The first kappa shape index (κ1) is 9.94. The fourth-order valence-corrected chi connectivity index (χ4v) is 3.02. The third-order valence-corrected chi connectivity index (χ3v) is 3.66. The van der Waals surface area contributed by atoms with E-state index in [-0.39, 0.29) is 5.91 Å². The lowest BCUT2D eigenvalue weighted by Crippen LogP contribution is -2.07. The molecule has 0 atom stereocenters. The Bertz CT molecular complexity index is 468. The van der Waals surface area contributed by atoms with E-state index in [2.05, 4.69) is 18.0 Å². The van der Waals surface area contributed by atoms with Crippen molar-refractivity contribution in [2.24, 2.45) is 0 Å². The minimum Gasteiger partial charge on any atom is -0.313 e. The fourth-order valence-electron chi connectivity index (χ4n) is 1.77. The summed E-state index contributed by atoms with van der Waals surface area (Å²) in [6.07, 6.45) is 4.31. The van der Waals surface area contributed by atoms with Gasteiger partial charge in [-0.3, -0.25) is 4.79 Å². The SMILES string of the molecule is C=CC(=O)Nc1sc2c(c1C#N)CCC2. The van der Waals surface area contributed by atoms with Crippen molar-refractivity contribution in [3.63, 3.8) is 0 Å². The summed E-state index contributed by atoms with van der Waals surface area (Å²) >= 11 is 1.51. The third kappa shape index (κ3) is 1.66. The molecule has 0 unspecified atom stereocenters. The molecule has 4 heteroatoms. The minimum atomic E-state index is -0.258. The minimum absolute atomic E-state index is 0.258. The van der Waals surface area contributed by atoms with E-state index in [9.17, 15) is 4.79 Å². The standard InChI is InChI=1S/C11H10N2OS/c1-2-10(14)13-11-8(6-12)7-4-3-5-9(7)15-11/h2H,1,3-5H2,(H,13,14). The Morgan fingerprint density at radius 3 is 3.07 bits per heavy atom. The van der Waals surface area contributed by atoms with Crippen LogP contribution in [0.1, 0.15) is 22.4 Å². The zero-order chi connectivity index (χ0) is 10.8. The smallest absolute Gasteiger partial charge is 0.248 e. The third-order valence-electron chi connectivity index (χ3n) is 2.46. The number of nitriles is 1. The van der Waals surface area contributed by atoms with Gasteiger partial charge in [0.1, 0.15) is 11.1 Å². The summed E-state index contributed by atoms with van der Waals surface area (Å²) in [6.45, 7) is 3.39. The van der Waals surface area contributed by atoms with Crippen LogP contribution in [0.2, 0.25) is 0 Å². The molecule has 15 heavy (non-hydrogen) atoms. The van der Waals surface area contributed by atoms with Gasteiger partial charge >= 0.3 is 0 Å². The molecule has 1 aliphatic carbocycles. The first-order chi connectivity index (χ1) is 7.26. The molecule has 1 amide bonds. The Labute approximate surface area is 92.0 Å². The zero-order valence-corrected chi connectivity index (χ0v) is 8.99. The summed E-state index contributed by atoms with van der Waals surface area (Å²) in [6, 6.07) is 2.17. The van der Waals surface area contributed by atoms with Crippen molar-refractivity contribution >= 4 is 22.2 Å². The number of anilines is 1. The molecule has 0 aromatic carbocycles. The van der Waals surface area contributed by atoms with Gasteiger partial charge in [0.15, 0.2) is 0 Å². The van der Waals surface area contributed by atoms with Crippen LogP contribution in [0.15, 0.2) is 12.7 Å². The molecule has 1 aliphatic rings. The average Bonchev–Trinajstić information content (AvgIpc) is 2.77. The number of aryl methyl sites for hydroxylation is 1. The van der Waals surface area contributed by atoms with Gasteiger partial charge in [0, 0.05) is 4.88 Å². The van der Waals surface area contributed by atoms with Gasteiger partial charge in [0.05, 0.1) is 5.56 Å². The van der Waals surface area contributed by atoms with Gasteiger partial charge in [0.25, 0.3) is 0 Å². The largest absolute Gasteiger partial charge is 0.313 e. The van der Waals surface area contributed by atoms with Crippen LogP contribution in [0, 0.1) is 11.3 Å². The van der Waals surface area contributed by atoms with Gasteiger partial charge in [-0.25, -0.2) is 0 Å². The highest BCUT2D eigenvalue weighted by molar-refractivity contribution is 7.16. The van der Waals surface area contributed by atoms with Gasteiger partial charge in [-0.05, 0) is 30.9 Å². The first-order valence-electron chi connectivity index (χ1n) is 4.74. The number of rotatable bonds is 2. The highest BCUT2D eigenvalue weighted by atomic mass is 32.1. The van der Waals surface area contributed by atoms with E-state index in [4.69, 9.17) is 5.26 Å². The lowest BCUT2D eigenvalue weighted by atomic mass is 10.1. The average molecular weight is 218 g/mol. The second kappa shape index (κ2) is 3.87. The molecule has 3 nitrogen and oxygen atoms in total. The summed E-state index contributed by atoms with van der Waals surface area (Å²) in [7, 11) is 0. The summed E-state index contributed by atoms with van der Waals surface area (Å²) in [5, 5.41) is 12.4. The normalized spacial score (nSPS) is 13.0. The number of hydrogen-bond donors (Lipinski definition) is 1. The van der Waals surface area contributed by atoms with Gasteiger partial charge in [-0.1, -0.05) is 6.58 Å². The van der Waals surface area contributed by atoms with E-state index in [1.165, 1.54) is 22.3 Å². The highest BCUT2D eigenvalue weighted by Crippen LogP contribution is 2.38. The molecule has 0 fully saturated rings. The summed E-state index contributed by atoms with van der Waals surface area (Å²) in [5.41, 5.74) is 1.77. The number of amides is 1. The number of carbonyl (C=O) groups is 1. The van der Waals surface area contributed by atoms with Crippen LogP contribution in [0.5, 0.6) is 0 Å². The van der Waals surface area contributed by atoms with Crippen LogP contribution in [0.3, 0.4) is 0 Å². The molecule has 1 aromatic heterocycles. The van der Waals surface area contributed by atoms with Crippen molar-refractivity contribution in [1.29, 1.82) is 5.26 Å². The molecule has 1 N–H and O–H groups in total. The van der Waals surface area contributed by atoms with Crippen molar-refractivity contribution in [2.45, 2.75) is 19.3 Å². The van der Waals surface area contributed by atoms with E-state index < -0.39 is 0 Å². The van der Waals surface area contributed by atoms with Crippen LogP contribution in [-0.4, -0.2) is 5.91 Å². The molecule has 0 aliphatic heterocycles. The molecule has 0 bridgehead atoms. The van der Waals surface area contributed by atoms with Crippen LogP contribution in [-0.2, 0) is 17.6 Å². The maximum absolute atomic E-state index is 11.1. The lowest BCUT2D eigenvalue weighted by molar-refractivity contribution is -0.111. The molecule has 0 saturated heterocycles. The summed E-state index contributed by atoms with van der Waals surface area (Å²) in [4.78, 5) is 12.4. The van der Waals surface area contributed by atoms with Gasteiger partial charge in [0.2, 0.25) is 5.91 Å². The van der Waals surface area contributed by atoms with Crippen molar-refractivity contribution in [1.82, 2.24) is 0 Å². The van der Waals surface area contributed by atoms with E-state index in [1.54, 1.807) is 0 Å². The monoisotopic (exact) mass is 218 g/mol. The second-order valence-electron chi connectivity index (χ2n) is 3.37. The Hall–Kier alpha value is -1.60. The van der Waals surface area contributed by atoms with E-state index in [1.807, 2.05) is 0 Å². The Morgan fingerprint density at radius 1 is 1.60 bits per heavy atom. The molecule has 1 aromatic rings. The topological polar surface area (TPSA) is 52.9 Å². The summed E-state index contributed by atoms with van der Waals surface area (Å²) in [5.74, 6) is -0.258. The van der Waals surface area contributed by atoms with Gasteiger partial charge < -0.3 is 5.32 Å². The van der Waals surface area contributed by atoms with Crippen molar-refractivity contribution in [3.8, 4) is 6.07 Å². The molecule has 0 spiro atoms. The van der Waals surface area contributed by atoms with Crippen molar-refractivity contribution in [3.05, 3.63) is 28.7 Å². The number of carbonyl (C=O) groups excluding carboxylic acids is 1. The highest BCUT2D eigenvalue weighted by Gasteiger charge is 2.22. The molecule has 0 saturated carbocycles. The van der Waals surface area contributed by atoms with Crippen LogP contribution < -0.4 is 5.32 Å². The molecule has 76 valence electrons. The molecular weight excluding hydrogens is 208 g/mol. The van der Waals surface area contributed by atoms with Crippen LogP contribution in [0.25, 0.3) is 0 Å². The predicted octanol–water partition coefficient (Wildman–Crippen LogP) is 2.23.